The zero-order valence-corrected chi connectivity index (χ0v) is 9.86. The molecule has 0 radical (unpaired) electrons. The molecule has 1 aromatic rings. The van der Waals surface area contributed by atoms with Crippen molar-refractivity contribution in [2.75, 3.05) is 6.26 Å². The van der Waals surface area contributed by atoms with Crippen LogP contribution in [0.2, 0.25) is 5.02 Å². The summed E-state index contributed by atoms with van der Waals surface area (Å²) in [6, 6.07) is 5.84. The van der Waals surface area contributed by atoms with E-state index in [0.717, 1.165) is 21.8 Å². The number of benzene rings is 1. The number of aldehydes is 1. The Labute approximate surface area is 93.8 Å². The molecule has 1 rings (SSSR count). The van der Waals surface area contributed by atoms with Crippen LogP contribution in [0.4, 0.5) is 0 Å². The third-order valence-electron chi connectivity index (χ3n) is 2.18. The molecular weight excluding hydrogens is 216 g/mol. The molecule has 0 saturated heterocycles. The summed E-state index contributed by atoms with van der Waals surface area (Å²) < 4.78 is 0. The second-order valence-electron chi connectivity index (χ2n) is 3.16. The van der Waals surface area contributed by atoms with E-state index in [-0.39, 0.29) is 5.92 Å². The minimum atomic E-state index is 0.198. The van der Waals surface area contributed by atoms with Crippen molar-refractivity contribution in [1.82, 2.24) is 0 Å². The Hall–Kier alpha value is -0.470. The predicted octanol–water partition coefficient (Wildman–Crippen LogP) is 3.75. The molecule has 1 aromatic carbocycles. The van der Waals surface area contributed by atoms with E-state index in [9.17, 15) is 4.79 Å². The van der Waals surface area contributed by atoms with Gasteiger partial charge in [0.25, 0.3) is 0 Å². The molecule has 0 aliphatic rings. The van der Waals surface area contributed by atoms with E-state index < -0.39 is 0 Å². The Kier molecular flexibility index (Phi) is 4.49. The van der Waals surface area contributed by atoms with Crippen LogP contribution in [0.5, 0.6) is 0 Å². The van der Waals surface area contributed by atoms with Crippen molar-refractivity contribution in [3.05, 3.63) is 28.8 Å². The van der Waals surface area contributed by atoms with Crippen molar-refractivity contribution in [2.45, 2.75) is 24.2 Å². The summed E-state index contributed by atoms with van der Waals surface area (Å²) in [5.74, 6) is 0.198. The standard InChI is InChI=1S/C11H13ClOS/c1-8(6-7-13)11-9(12)4-3-5-10(11)14-2/h3-5,7-8H,6H2,1-2H3. The fourth-order valence-corrected chi connectivity index (χ4v) is 2.60. The van der Waals surface area contributed by atoms with Crippen LogP contribution in [0, 0.1) is 0 Å². The molecule has 0 spiro atoms. The molecule has 0 bridgehead atoms. The number of carbonyl (C=O) groups is 1. The van der Waals surface area contributed by atoms with Gasteiger partial charge in [0, 0.05) is 16.3 Å². The van der Waals surface area contributed by atoms with Crippen LogP contribution < -0.4 is 0 Å². The maximum atomic E-state index is 10.4. The van der Waals surface area contributed by atoms with E-state index in [0.29, 0.717) is 6.42 Å². The summed E-state index contributed by atoms with van der Waals surface area (Å²) in [4.78, 5) is 11.6. The van der Waals surface area contributed by atoms with Crippen molar-refractivity contribution in [3.8, 4) is 0 Å². The lowest BCUT2D eigenvalue weighted by atomic mass is 9.98. The predicted molar refractivity (Wildman–Crippen MR) is 62.3 cm³/mol. The smallest absolute Gasteiger partial charge is 0.120 e. The zero-order chi connectivity index (χ0) is 10.6. The average Bonchev–Trinajstić information content (AvgIpc) is 2.17. The highest BCUT2D eigenvalue weighted by atomic mass is 35.5. The fraction of sp³-hybridized carbons (Fsp3) is 0.364. The first-order valence-corrected chi connectivity index (χ1v) is 6.07. The van der Waals surface area contributed by atoms with Gasteiger partial charge < -0.3 is 4.79 Å². The molecule has 14 heavy (non-hydrogen) atoms. The lowest BCUT2D eigenvalue weighted by molar-refractivity contribution is -0.108. The van der Waals surface area contributed by atoms with Crippen molar-refractivity contribution in [3.63, 3.8) is 0 Å². The number of carbonyl (C=O) groups excluding carboxylic acids is 1. The Morgan fingerprint density at radius 1 is 1.57 bits per heavy atom. The quantitative estimate of drug-likeness (QED) is 0.577. The molecule has 0 heterocycles. The van der Waals surface area contributed by atoms with E-state index >= 15 is 0 Å². The lowest BCUT2D eigenvalue weighted by Gasteiger charge is -2.14. The number of rotatable bonds is 4. The lowest BCUT2D eigenvalue weighted by Crippen LogP contribution is -1.97. The van der Waals surface area contributed by atoms with Crippen LogP contribution in [0.15, 0.2) is 23.1 Å². The Balaban J connectivity index is 3.09. The minimum absolute atomic E-state index is 0.198. The molecule has 0 aliphatic heterocycles. The molecule has 0 saturated carbocycles. The third-order valence-corrected chi connectivity index (χ3v) is 3.30. The molecule has 1 atom stereocenters. The summed E-state index contributed by atoms with van der Waals surface area (Å²) in [5.41, 5.74) is 1.09. The molecule has 0 fully saturated rings. The van der Waals surface area contributed by atoms with Gasteiger partial charge in [-0.15, -0.1) is 11.8 Å². The third kappa shape index (κ3) is 2.52. The van der Waals surface area contributed by atoms with Gasteiger partial charge >= 0.3 is 0 Å². The number of hydrogen-bond donors (Lipinski definition) is 0. The van der Waals surface area contributed by atoms with Crippen LogP contribution in [0.1, 0.15) is 24.8 Å². The first-order chi connectivity index (χ1) is 6.70. The van der Waals surface area contributed by atoms with E-state index in [4.69, 9.17) is 11.6 Å². The first-order valence-electron chi connectivity index (χ1n) is 4.46. The summed E-state index contributed by atoms with van der Waals surface area (Å²) in [7, 11) is 0. The van der Waals surface area contributed by atoms with Crippen LogP contribution >= 0.6 is 23.4 Å². The van der Waals surface area contributed by atoms with Gasteiger partial charge in [-0.05, 0) is 29.9 Å². The van der Waals surface area contributed by atoms with Crippen molar-refractivity contribution in [1.29, 1.82) is 0 Å². The van der Waals surface area contributed by atoms with Gasteiger partial charge in [0.1, 0.15) is 6.29 Å². The maximum Gasteiger partial charge on any atom is 0.120 e. The van der Waals surface area contributed by atoms with Gasteiger partial charge in [0.15, 0.2) is 0 Å². The molecule has 0 N–H and O–H groups in total. The summed E-state index contributed by atoms with van der Waals surface area (Å²) in [6.07, 6.45) is 3.48. The summed E-state index contributed by atoms with van der Waals surface area (Å²) in [6.45, 7) is 2.02. The molecule has 0 aromatic heterocycles. The first kappa shape index (κ1) is 11.6. The Bertz CT molecular complexity index is 325. The highest BCUT2D eigenvalue weighted by Gasteiger charge is 2.13. The van der Waals surface area contributed by atoms with Gasteiger partial charge in [-0.2, -0.15) is 0 Å². The molecule has 1 nitrogen and oxygen atoms in total. The van der Waals surface area contributed by atoms with Gasteiger partial charge in [-0.1, -0.05) is 24.6 Å². The highest BCUT2D eigenvalue weighted by molar-refractivity contribution is 7.98. The van der Waals surface area contributed by atoms with Crippen LogP contribution in [-0.2, 0) is 4.79 Å². The van der Waals surface area contributed by atoms with Gasteiger partial charge in [-0.3, -0.25) is 0 Å². The minimum Gasteiger partial charge on any atom is -0.303 e. The van der Waals surface area contributed by atoms with Gasteiger partial charge in [0.05, 0.1) is 0 Å². The SMILES string of the molecule is CSc1cccc(Cl)c1C(C)CC=O. The van der Waals surface area contributed by atoms with Crippen molar-refractivity contribution < 1.29 is 4.79 Å². The second-order valence-corrected chi connectivity index (χ2v) is 4.41. The monoisotopic (exact) mass is 228 g/mol. The molecule has 0 amide bonds. The van der Waals surface area contributed by atoms with Crippen LogP contribution in [0.3, 0.4) is 0 Å². The summed E-state index contributed by atoms with van der Waals surface area (Å²) >= 11 is 7.77. The molecule has 3 heteroatoms. The normalized spacial score (nSPS) is 12.5. The highest BCUT2D eigenvalue weighted by Crippen LogP contribution is 2.34. The fourth-order valence-electron chi connectivity index (χ4n) is 1.44. The number of thioether (sulfide) groups is 1. The van der Waals surface area contributed by atoms with E-state index in [1.165, 1.54) is 0 Å². The van der Waals surface area contributed by atoms with Crippen molar-refractivity contribution in [2.24, 2.45) is 0 Å². The van der Waals surface area contributed by atoms with E-state index in [2.05, 4.69) is 0 Å². The number of hydrogen-bond acceptors (Lipinski definition) is 2. The van der Waals surface area contributed by atoms with Gasteiger partial charge in [0.2, 0.25) is 0 Å². The Morgan fingerprint density at radius 2 is 2.29 bits per heavy atom. The number of halogens is 1. The molecular formula is C11H13ClOS. The topological polar surface area (TPSA) is 17.1 Å². The molecule has 1 unspecified atom stereocenters. The largest absolute Gasteiger partial charge is 0.303 e. The average molecular weight is 229 g/mol. The van der Waals surface area contributed by atoms with Gasteiger partial charge in [-0.25, -0.2) is 0 Å². The van der Waals surface area contributed by atoms with Crippen LogP contribution in [-0.4, -0.2) is 12.5 Å². The van der Waals surface area contributed by atoms with E-state index in [1.807, 2.05) is 31.4 Å². The molecule has 0 aliphatic carbocycles. The molecule has 76 valence electrons. The zero-order valence-electron chi connectivity index (χ0n) is 8.29. The second kappa shape index (κ2) is 5.42. The summed E-state index contributed by atoms with van der Waals surface area (Å²) in [5, 5.41) is 0.756. The van der Waals surface area contributed by atoms with E-state index in [1.54, 1.807) is 11.8 Å². The Morgan fingerprint density at radius 3 is 2.86 bits per heavy atom. The van der Waals surface area contributed by atoms with Crippen molar-refractivity contribution >= 4 is 29.6 Å². The maximum absolute atomic E-state index is 10.4. The van der Waals surface area contributed by atoms with Crippen LogP contribution in [0.25, 0.3) is 0 Å².